The maximum absolute atomic E-state index is 15.5. The summed E-state index contributed by atoms with van der Waals surface area (Å²) in [5.41, 5.74) is -0.0797. The van der Waals surface area contributed by atoms with Crippen LogP contribution in [0.1, 0.15) is 165 Å². The quantitative estimate of drug-likeness (QED) is 0.259. The van der Waals surface area contributed by atoms with E-state index in [-0.39, 0.29) is 51.1 Å². The molecule has 0 aromatic carbocycles. The van der Waals surface area contributed by atoms with Crippen LogP contribution in [0.25, 0.3) is 0 Å². The van der Waals surface area contributed by atoms with Gasteiger partial charge in [0.25, 0.3) is 0 Å². The predicted molar refractivity (Wildman–Crippen MR) is 220 cm³/mol. The van der Waals surface area contributed by atoms with Crippen LogP contribution in [0.5, 0.6) is 0 Å². The SMILES string of the molecule is CC1([C@@H]2CC[C@]3(C(=O)N4CCC[C@H]4CN4CCC(F)CC4)CC[C@]4(C)[C@H](CC[C@@H]5[C@@]6(C)CC[C@H](OC(=O)[C@@H]7C[C@H](C(=O)O)C7(C)C)C(C)(C)[C@@H]6CC[C@]54C)[C@@H]23)CC1. The van der Waals surface area contributed by atoms with Crippen LogP contribution in [-0.4, -0.2) is 77.2 Å². The normalized spacial score (nSPS) is 48.4. The molecule has 7 saturated carbocycles. The number of esters is 1. The molecule has 9 aliphatic rings. The van der Waals surface area contributed by atoms with Crippen molar-refractivity contribution < 1.29 is 28.6 Å². The van der Waals surface area contributed by atoms with Crippen LogP contribution in [0.4, 0.5) is 4.39 Å². The zero-order valence-corrected chi connectivity index (χ0v) is 37.0. The smallest absolute Gasteiger partial charge is 0.309 e. The average molecular weight is 793 g/mol. The number of amides is 1. The lowest BCUT2D eigenvalue weighted by Gasteiger charge is -2.73. The van der Waals surface area contributed by atoms with Crippen molar-refractivity contribution in [2.75, 3.05) is 26.2 Å². The van der Waals surface area contributed by atoms with Gasteiger partial charge < -0.3 is 19.6 Å². The van der Waals surface area contributed by atoms with Crippen LogP contribution in [-0.2, 0) is 19.1 Å². The van der Waals surface area contributed by atoms with Crippen molar-refractivity contribution in [2.45, 2.75) is 183 Å². The highest BCUT2D eigenvalue weighted by molar-refractivity contribution is 5.84. The number of carbonyl (C=O) groups excluding carboxylic acids is 2. The number of carbonyl (C=O) groups is 3. The fourth-order valence-electron chi connectivity index (χ4n) is 17.4. The summed E-state index contributed by atoms with van der Waals surface area (Å²) in [6.07, 6.45) is 16.9. The highest BCUT2D eigenvalue weighted by atomic mass is 19.1. The Labute approximate surface area is 343 Å². The van der Waals surface area contributed by atoms with Crippen LogP contribution in [0.2, 0.25) is 0 Å². The lowest BCUT2D eigenvalue weighted by atomic mass is 9.32. The summed E-state index contributed by atoms with van der Waals surface area (Å²) in [6.45, 7) is 22.6. The van der Waals surface area contributed by atoms with E-state index in [1.807, 2.05) is 13.8 Å². The summed E-state index contributed by atoms with van der Waals surface area (Å²) < 4.78 is 20.5. The molecule has 8 heteroatoms. The lowest BCUT2D eigenvalue weighted by Crippen LogP contribution is -2.68. The van der Waals surface area contributed by atoms with Gasteiger partial charge in [-0.15, -0.1) is 0 Å². The molecule has 0 aromatic rings. The molecule has 0 spiro atoms. The van der Waals surface area contributed by atoms with E-state index in [0.29, 0.717) is 60.2 Å². The van der Waals surface area contributed by atoms with Gasteiger partial charge in [-0.2, -0.15) is 0 Å². The van der Waals surface area contributed by atoms with Crippen LogP contribution in [0.15, 0.2) is 0 Å². The van der Waals surface area contributed by atoms with Crippen LogP contribution >= 0.6 is 0 Å². The molecule has 2 aliphatic heterocycles. The summed E-state index contributed by atoms with van der Waals surface area (Å²) in [5, 5.41) is 9.70. The summed E-state index contributed by atoms with van der Waals surface area (Å²) in [5.74, 6) is 1.37. The summed E-state index contributed by atoms with van der Waals surface area (Å²) in [4.78, 5) is 45.8. The van der Waals surface area contributed by atoms with Crippen molar-refractivity contribution in [3.8, 4) is 0 Å². The first-order chi connectivity index (χ1) is 26.7. The molecule has 7 aliphatic carbocycles. The molecule has 0 unspecified atom stereocenters. The highest BCUT2D eigenvalue weighted by Crippen LogP contribution is 2.79. The van der Waals surface area contributed by atoms with E-state index in [1.165, 1.54) is 38.5 Å². The molecular weight excluding hydrogens is 716 g/mol. The first-order valence-corrected chi connectivity index (χ1v) is 23.8. The third kappa shape index (κ3) is 5.78. The van der Waals surface area contributed by atoms with Crippen molar-refractivity contribution in [1.82, 2.24) is 9.80 Å². The third-order valence-electron chi connectivity index (χ3n) is 21.5. The van der Waals surface area contributed by atoms with Gasteiger partial charge in [0.15, 0.2) is 0 Å². The molecule has 7 nitrogen and oxygen atoms in total. The summed E-state index contributed by atoms with van der Waals surface area (Å²) >= 11 is 0. The number of likely N-dealkylation sites (tertiary alicyclic amines) is 2. The minimum atomic E-state index is -0.810. The second kappa shape index (κ2) is 13.4. The van der Waals surface area contributed by atoms with Crippen molar-refractivity contribution in [2.24, 2.45) is 79.3 Å². The van der Waals surface area contributed by atoms with E-state index in [1.54, 1.807) is 0 Å². The van der Waals surface area contributed by atoms with Crippen molar-refractivity contribution >= 4 is 17.8 Å². The molecule has 320 valence electrons. The maximum Gasteiger partial charge on any atom is 0.309 e. The van der Waals surface area contributed by atoms with Gasteiger partial charge in [-0.3, -0.25) is 14.4 Å². The van der Waals surface area contributed by atoms with Crippen molar-refractivity contribution in [3.63, 3.8) is 0 Å². The van der Waals surface area contributed by atoms with Crippen molar-refractivity contribution in [1.29, 1.82) is 0 Å². The number of carboxylic acid groups (broad SMARTS) is 1. The maximum atomic E-state index is 15.5. The van der Waals surface area contributed by atoms with Crippen LogP contribution in [0, 0.1) is 79.3 Å². The van der Waals surface area contributed by atoms with E-state index in [9.17, 15) is 19.1 Å². The fraction of sp³-hybridized carbons (Fsp3) is 0.939. The molecule has 0 bridgehead atoms. The zero-order chi connectivity index (χ0) is 40.7. The Kier molecular flexibility index (Phi) is 9.57. The molecule has 1 N–H and O–H groups in total. The Bertz CT molecular complexity index is 1630. The molecular formula is C49H77FN2O5. The number of alkyl halides is 1. The first kappa shape index (κ1) is 40.7. The molecule has 2 heterocycles. The third-order valence-corrected chi connectivity index (χ3v) is 21.5. The number of nitrogens with zero attached hydrogens (tertiary/aromatic N) is 2. The standard InChI is InChI=1S/C49H77FN2O5/c1-43(2)34(40(53)54)28-35(43)41(55)57-38-15-18-46(6)36(44(38,3)4)14-19-48(8)37(46)12-11-33-39-32(45(5)21-22-45)13-20-49(39,24-23-47(33,48)7)42(56)52-25-9-10-31(52)29-51-26-16-30(50)17-27-51/h30-39H,9-29H2,1-8H3,(H,53,54)/t31-,32+,33+,34+,35-,36-,37+,38-,39+,46-,47+,48+,49-/m0/s1. The number of fused-ring (bicyclic) bond motifs is 7. The second-order valence-corrected chi connectivity index (χ2v) is 24.2. The molecule has 9 fully saturated rings. The predicted octanol–water partition coefficient (Wildman–Crippen LogP) is 9.95. The molecule has 1 amide bonds. The largest absolute Gasteiger partial charge is 0.481 e. The number of piperidine rings is 1. The van der Waals surface area contributed by atoms with Gasteiger partial charge in [-0.25, -0.2) is 4.39 Å². The molecule has 57 heavy (non-hydrogen) atoms. The lowest BCUT2D eigenvalue weighted by molar-refractivity contribution is -0.253. The van der Waals surface area contributed by atoms with Gasteiger partial charge >= 0.3 is 11.9 Å². The topological polar surface area (TPSA) is 87.2 Å². The molecule has 9 rings (SSSR count). The van der Waals surface area contributed by atoms with Crippen LogP contribution < -0.4 is 0 Å². The van der Waals surface area contributed by atoms with E-state index in [0.717, 1.165) is 77.5 Å². The molecule has 2 saturated heterocycles. The van der Waals surface area contributed by atoms with Gasteiger partial charge in [0.05, 0.1) is 17.3 Å². The highest BCUT2D eigenvalue weighted by Gasteiger charge is 2.74. The Morgan fingerprint density at radius 2 is 1.40 bits per heavy atom. The summed E-state index contributed by atoms with van der Waals surface area (Å²) in [6, 6.07) is 0.274. The average Bonchev–Trinajstić information content (AvgIpc) is 3.52. The Hall–Kier alpha value is -1.70. The number of aliphatic carboxylic acids is 1. The van der Waals surface area contributed by atoms with Crippen LogP contribution in [0.3, 0.4) is 0 Å². The number of ether oxygens (including phenoxy) is 1. The first-order valence-electron chi connectivity index (χ1n) is 23.8. The number of rotatable bonds is 7. The minimum Gasteiger partial charge on any atom is -0.481 e. The molecule has 13 atom stereocenters. The molecule has 0 radical (unpaired) electrons. The van der Waals surface area contributed by atoms with E-state index < -0.39 is 23.5 Å². The molecule has 0 aromatic heterocycles. The van der Waals surface area contributed by atoms with Gasteiger partial charge in [-0.1, -0.05) is 55.4 Å². The Morgan fingerprint density at radius 3 is 2.07 bits per heavy atom. The van der Waals surface area contributed by atoms with Gasteiger partial charge in [0, 0.05) is 37.6 Å². The van der Waals surface area contributed by atoms with Gasteiger partial charge in [0.1, 0.15) is 12.3 Å². The van der Waals surface area contributed by atoms with E-state index >= 15 is 4.79 Å². The zero-order valence-electron chi connectivity index (χ0n) is 37.0. The minimum absolute atomic E-state index is 0.149. The van der Waals surface area contributed by atoms with E-state index in [4.69, 9.17) is 4.74 Å². The Balaban J connectivity index is 0.960. The second-order valence-electron chi connectivity index (χ2n) is 24.2. The number of halogens is 1. The fourth-order valence-corrected chi connectivity index (χ4v) is 17.4. The number of carboxylic acids is 1. The Morgan fingerprint density at radius 1 is 0.684 bits per heavy atom. The number of hydrogen-bond acceptors (Lipinski definition) is 5. The van der Waals surface area contributed by atoms with Gasteiger partial charge in [-0.05, 0) is 166 Å². The number of hydrogen-bond donors (Lipinski definition) is 1. The van der Waals surface area contributed by atoms with E-state index in [2.05, 4.69) is 51.3 Å². The summed E-state index contributed by atoms with van der Waals surface area (Å²) in [7, 11) is 0. The monoisotopic (exact) mass is 793 g/mol. The van der Waals surface area contributed by atoms with Gasteiger partial charge in [0.2, 0.25) is 5.91 Å². The van der Waals surface area contributed by atoms with Crippen molar-refractivity contribution in [3.05, 3.63) is 0 Å².